The number of rotatable bonds is 5. The Morgan fingerprint density at radius 3 is 2.88 bits per heavy atom. The minimum atomic E-state index is -0.297. The van der Waals surface area contributed by atoms with E-state index in [1.165, 1.54) is 16.6 Å². The molecule has 1 fully saturated rings. The molecular formula is C19H20BrF2N3S. The minimum Gasteiger partial charge on any atom is -0.251 e. The third-order valence-electron chi connectivity index (χ3n) is 5.37. The molecule has 4 rings (SSSR count). The highest BCUT2D eigenvalue weighted by molar-refractivity contribution is 9.10. The van der Waals surface area contributed by atoms with E-state index >= 15 is 0 Å². The lowest BCUT2D eigenvalue weighted by molar-refractivity contribution is 0.620. The molecule has 3 nitrogen and oxygen atoms in total. The highest BCUT2D eigenvalue weighted by Gasteiger charge is 2.44. The van der Waals surface area contributed by atoms with E-state index in [1.54, 1.807) is 6.07 Å². The van der Waals surface area contributed by atoms with E-state index in [-0.39, 0.29) is 18.2 Å². The predicted octanol–water partition coefficient (Wildman–Crippen LogP) is 6.13. The summed E-state index contributed by atoms with van der Waals surface area (Å²) in [5.41, 5.74) is 5.33. The molecule has 2 aliphatic rings. The first-order valence-corrected chi connectivity index (χ1v) is 10.4. The Hall–Kier alpha value is -1.21. The maximum Gasteiger partial charge on any atom is 0.187 e. The van der Waals surface area contributed by atoms with Crippen LogP contribution < -0.4 is 0 Å². The Balaban J connectivity index is 1.81. The molecule has 2 aliphatic carbocycles. The molecule has 1 aromatic carbocycles. The van der Waals surface area contributed by atoms with Crippen molar-refractivity contribution in [2.45, 2.75) is 46.0 Å². The average molecular weight is 440 g/mol. The number of hydrogen-bond donors (Lipinski definition) is 0. The molecule has 0 aliphatic heterocycles. The summed E-state index contributed by atoms with van der Waals surface area (Å²) < 4.78 is 29.0. The summed E-state index contributed by atoms with van der Waals surface area (Å²) in [6.07, 6.45) is 4.77. The van der Waals surface area contributed by atoms with E-state index in [4.69, 9.17) is 4.99 Å². The largest absolute Gasteiger partial charge is 0.251 e. The van der Waals surface area contributed by atoms with Gasteiger partial charge in [-0.15, -0.1) is 3.89 Å². The van der Waals surface area contributed by atoms with Crippen molar-refractivity contribution in [1.29, 1.82) is 0 Å². The van der Waals surface area contributed by atoms with E-state index < -0.39 is 0 Å². The third kappa shape index (κ3) is 3.24. The van der Waals surface area contributed by atoms with Gasteiger partial charge >= 0.3 is 0 Å². The van der Waals surface area contributed by atoms with E-state index in [0.29, 0.717) is 16.3 Å². The Morgan fingerprint density at radius 2 is 2.15 bits per heavy atom. The van der Waals surface area contributed by atoms with E-state index in [1.807, 2.05) is 6.92 Å². The van der Waals surface area contributed by atoms with E-state index in [2.05, 4.69) is 28.0 Å². The second-order valence-corrected chi connectivity index (χ2v) is 8.58. The molecule has 2 aromatic rings. The third-order valence-corrected chi connectivity index (χ3v) is 6.41. The van der Waals surface area contributed by atoms with Gasteiger partial charge < -0.3 is 0 Å². The molecule has 0 N–H and O–H groups in total. The molecule has 7 heteroatoms. The van der Waals surface area contributed by atoms with Crippen LogP contribution in [0.1, 0.15) is 48.7 Å². The van der Waals surface area contributed by atoms with Gasteiger partial charge in [0.25, 0.3) is 0 Å². The fourth-order valence-corrected chi connectivity index (χ4v) is 4.57. The van der Waals surface area contributed by atoms with Crippen LogP contribution in [0.25, 0.3) is 0 Å². The number of halogens is 3. The summed E-state index contributed by atoms with van der Waals surface area (Å²) in [4.78, 5) is 4.83. The van der Waals surface area contributed by atoms with E-state index in [9.17, 15) is 8.28 Å². The minimum absolute atomic E-state index is 0.168. The molecule has 0 saturated heterocycles. The molecular weight excluding hydrogens is 420 g/mol. The highest BCUT2D eigenvalue weighted by Crippen LogP contribution is 2.49. The van der Waals surface area contributed by atoms with Crippen molar-refractivity contribution in [3.8, 4) is 0 Å². The first-order valence-electron chi connectivity index (χ1n) is 8.95. The van der Waals surface area contributed by atoms with Crippen LogP contribution in [0.15, 0.2) is 21.6 Å². The van der Waals surface area contributed by atoms with Crippen molar-refractivity contribution in [3.63, 3.8) is 0 Å². The van der Waals surface area contributed by atoms with Crippen LogP contribution in [-0.4, -0.2) is 14.9 Å². The Bertz CT molecular complexity index is 893. The molecule has 2 unspecified atom stereocenters. The average Bonchev–Trinajstić information content (AvgIpc) is 3.29. The van der Waals surface area contributed by atoms with Gasteiger partial charge in [-0.05, 0) is 78.1 Å². The van der Waals surface area contributed by atoms with Crippen molar-refractivity contribution < 1.29 is 8.28 Å². The molecule has 26 heavy (non-hydrogen) atoms. The van der Waals surface area contributed by atoms with Gasteiger partial charge in [0.15, 0.2) is 12.3 Å². The summed E-state index contributed by atoms with van der Waals surface area (Å²) in [5, 5.41) is 4.54. The van der Waals surface area contributed by atoms with Crippen LogP contribution in [0.2, 0.25) is 0 Å². The molecule has 2 atom stereocenters. The van der Waals surface area contributed by atoms with Crippen LogP contribution in [0.4, 0.5) is 14.0 Å². The van der Waals surface area contributed by atoms with Gasteiger partial charge in [0.05, 0.1) is 21.6 Å². The Labute approximate surface area is 164 Å². The molecule has 0 radical (unpaired) electrons. The van der Waals surface area contributed by atoms with Crippen molar-refractivity contribution >= 4 is 39.7 Å². The number of hydrogen-bond acceptors (Lipinski definition) is 3. The molecule has 138 valence electrons. The number of nitrogens with zero attached hydrogens (tertiary/aromatic N) is 3. The summed E-state index contributed by atoms with van der Waals surface area (Å²) in [7, 11) is 0. The molecule has 1 saturated carbocycles. The first-order chi connectivity index (χ1) is 12.5. The lowest BCUT2D eigenvalue weighted by atomic mass is 9.93. The van der Waals surface area contributed by atoms with Gasteiger partial charge in [-0.2, -0.15) is 9.19 Å². The van der Waals surface area contributed by atoms with Gasteiger partial charge in [0, 0.05) is 5.56 Å². The molecule has 0 amide bonds. The van der Waals surface area contributed by atoms with Crippen LogP contribution in [-0.2, 0) is 12.8 Å². The monoisotopic (exact) mass is 439 g/mol. The van der Waals surface area contributed by atoms with E-state index in [0.717, 1.165) is 59.6 Å². The smallest absolute Gasteiger partial charge is 0.187 e. The molecule has 1 aromatic heterocycles. The Morgan fingerprint density at radius 1 is 1.38 bits per heavy atom. The number of aromatic nitrogens is 2. The lowest BCUT2D eigenvalue weighted by Gasteiger charge is -2.13. The summed E-state index contributed by atoms with van der Waals surface area (Å²) in [5.74, 6) is 1.11. The second-order valence-electron chi connectivity index (χ2n) is 7.24. The van der Waals surface area contributed by atoms with Gasteiger partial charge in [0.2, 0.25) is 0 Å². The van der Waals surface area contributed by atoms with Crippen LogP contribution in [0, 0.1) is 24.6 Å². The topological polar surface area (TPSA) is 30.2 Å². The molecule has 0 bridgehead atoms. The Kier molecular flexibility index (Phi) is 4.94. The standard InChI is InChI=1S/C19H20BrF2N3S/c1-3-4-16(23-17-9-14(20)15(21)5-10(17)2)19-13-7-11-6-12(11)8-18(13)25(24-19)26-22/h5,9,11-12H,3-4,6-8H2,1-2H3. The molecule has 0 spiro atoms. The zero-order valence-electron chi connectivity index (χ0n) is 14.7. The van der Waals surface area contributed by atoms with Gasteiger partial charge in [-0.3, -0.25) is 4.99 Å². The zero-order valence-corrected chi connectivity index (χ0v) is 17.1. The fraction of sp³-hybridized carbons (Fsp3) is 0.474. The fourth-order valence-electron chi connectivity index (χ4n) is 3.85. The summed E-state index contributed by atoms with van der Waals surface area (Å²) >= 11 is 3.40. The zero-order chi connectivity index (χ0) is 18.4. The van der Waals surface area contributed by atoms with Crippen LogP contribution in [0.5, 0.6) is 0 Å². The number of fused-ring (bicyclic) bond motifs is 2. The quantitative estimate of drug-likeness (QED) is 0.524. The van der Waals surface area contributed by atoms with Gasteiger partial charge in [-0.1, -0.05) is 13.3 Å². The van der Waals surface area contributed by atoms with Gasteiger partial charge in [-0.25, -0.2) is 4.39 Å². The highest BCUT2D eigenvalue weighted by atomic mass is 79.9. The predicted molar refractivity (Wildman–Crippen MR) is 105 cm³/mol. The lowest BCUT2D eigenvalue weighted by Crippen LogP contribution is -2.10. The van der Waals surface area contributed by atoms with Crippen LogP contribution >= 0.6 is 28.3 Å². The SMILES string of the molecule is CCCC(=Nc1cc(Br)c(F)cc1C)c1nn(SF)c2c1CC1CC1C2. The summed E-state index contributed by atoms with van der Waals surface area (Å²) in [6.45, 7) is 3.94. The number of aliphatic imine (C=N–C) groups is 1. The van der Waals surface area contributed by atoms with Gasteiger partial charge in [0.1, 0.15) is 11.5 Å². The summed E-state index contributed by atoms with van der Waals surface area (Å²) in [6, 6.07) is 3.18. The maximum absolute atomic E-state index is 13.7. The normalized spacial score (nSPS) is 21.5. The molecule has 1 heterocycles. The first kappa shape index (κ1) is 18.2. The van der Waals surface area contributed by atoms with Crippen molar-refractivity contribution in [1.82, 2.24) is 9.19 Å². The van der Waals surface area contributed by atoms with Crippen molar-refractivity contribution in [2.75, 3.05) is 0 Å². The number of benzene rings is 1. The van der Waals surface area contributed by atoms with Crippen LogP contribution in [0.3, 0.4) is 0 Å². The van der Waals surface area contributed by atoms with Crippen molar-refractivity contribution in [2.24, 2.45) is 16.8 Å². The second kappa shape index (κ2) is 7.08. The maximum atomic E-state index is 13.7. The van der Waals surface area contributed by atoms with Crippen molar-refractivity contribution in [3.05, 3.63) is 44.9 Å². The number of aryl methyl sites for hydroxylation is 1.